The van der Waals surface area contributed by atoms with Crippen LogP contribution in [0, 0.1) is 0 Å². The standard InChI is InChI=1S/C26H32N4O4S/c1-20(2)30(16-10-11-17-34-19-24(31)29-35(3,32)33)23-18-27-25(21-12-6-4-7-13-21)26(28-23)22-14-8-5-9-15-22/h4-9,12-15,18,20H,10-11,16-17,19H2,1-3H3,(H,29,31)/i1D3,2D3,20D. The molecule has 2 aromatic carbocycles. The van der Waals surface area contributed by atoms with Crippen LogP contribution >= 0.6 is 0 Å². The molecule has 9 heteroatoms. The lowest BCUT2D eigenvalue weighted by Gasteiger charge is -2.28. The molecule has 1 N–H and O–H groups in total. The highest BCUT2D eigenvalue weighted by molar-refractivity contribution is 7.89. The predicted octanol–water partition coefficient (Wildman–Crippen LogP) is 3.90. The van der Waals surface area contributed by atoms with Gasteiger partial charge in [0.2, 0.25) is 10.0 Å². The molecule has 1 heterocycles. The van der Waals surface area contributed by atoms with Crippen LogP contribution in [0.15, 0.2) is 66.9 Å². The zero-order chi connectivity index (χ0) is 31.2. The minimum atomic E-state index is -3.73. The van der Waals surface area contributed by atoms with Gasteiger partial charge in [0, 0.05) is 38.5 Å². The highest BCUT2D eigenvalue weighted by atomic mass is 32.2. The number of benzene rings is 2. The number of hydrogen-bond donors (Lipinski definition) is 1. The number of aromatic nitrogens is 2. The summed E-state index contributed by atoms with van der Waals surface area (Å²) in [5.74, 6) is -0.958. The first-order valence-electron chi connectivity index (χ1n) is 14.4. The molecule has 0 atom stereocenters. The van der Waals surface area contributed by atoms with Crippen molar-refractivity contribution in [3.63, 3.8) is 0 Å². The second kappa shape index (κ2) is 12.4. The van der Waals surface area contributed by atoms with Crippen molar-refractivity contribution < 1.29 is 27.5 Å². The third-order valence-corrected chi connectivity index (χ3v) is 5.45. The molecule has 0 aliphatic carbocycles. The lowest BCUT2D eigenvalue weighted by Crippen LogP contribution is -2.33. The number of hydrogen-bond acceptors (Lipinski definition) is 7. The average Bonchev–Trinajstić information content (AvgIpc) is 2.91. The molecule has 35 heavy (non-hydrogen) atoms. The van der Waals surface area contributed by atoms with E-state index in [0.29, 0.717) is 17.0 Å². The smallest absolute Gasteiger partial charge is 0.259 e. The average molecular weight is 504 g/mol. The Morgan fingerprint density at radius 3 is 2.29 bits per heavy atom. The number of ether oxygens (including phenoxy) is 1. The van der Waals surface area contributed by atoms with Crippen LogP contribution in [0.2, 0.25) is 0 Å². The first kappa shape index (κ1) is 18.0. The SMILES string of the molecule is [2H]C([2H])([2H])C([2H])(N(CCCCOCC(=O)NS(C)(=O)=O)c1cnc(-c2ccccc2)c(-c2ccccc2)n1)C([2H])([2H])[2H]. The minimum absolute atomic E-state index is 0.00849. The highest BCUT2D eigenvalue weighted by Gasteiger charge is 2.17. The van der Waals surface area contributed by atoms with Crippen molar-refractivity contribution in [3.05, 3.63) is 66.9 Å². The summed E-state index contributed by atoms with van der Waals surface area (Å²) in [6.45, 7) is -7.29. The Hall–Kier alpha value is -3.30. The van der Waals surface area contributed by atoms with Gasteiger partial charge in [0.05, 0.1) is 25.2 Å². The molecule has 0 radical (unpaired) electrons. The molecule has 0 saturated heterocycles. The Bertz CT molecular complexity index is 1440. The fourth-order valence-electron chi connectivity index (χ4n) is 3.33. The van der Waals surface area contributed by atoms with Gasteiger partial charge in [-0.2, -0.15) is 0 Å². The van der Waals surface area contributed by atoms with E-state index >= 15 is 0 Å². The summed E-state index contributed by atoms with van der Waals surface area (Å²) in [6.07, 6.45) is 2.49. The van der Waals surface area contributed by atoms with E-state index < -0.39 is 42.3 Å². The second-order valence-corrected chi connectivity index (χ2v) is 9.46. The monoisotopic (exact) mass is 503 g/mol. The molecule has 8 nitrogen and oxygen atoms in total. The molecule has 0 spiro atoms. The number of nitrogens with one attached hydrogen (secondary N) is 1. The molecule has 3 aromatic rings. The van der Waals surface area contributed by atoms with E-state index in [-0.39, 0.29) is 31.8 Å². The lowest BCUT2D eigenvalue weighted by atomic mass is 10.0. The summed E-state index contributed by atoms with van der Waals surface area (Å²) < 4.78 is 86.5. The number of rotatable bonds is 12. The normalized spacial score (nSPS) is 15.4. The van der Waals surface area contributed by atoms with Crippen molar-refractivity contribution in [1.82, 2.24) is 14.7 Å². The van der Waals surface area contributed by atoms with Crippen molar-refractivity contribution >= 4 is 21.7 Å². The van der Waals surface area contributed by atoms with E-state index in [1.54, 1.807) is 29.0 Å². The van der Waals surface area contributed by atoms with Gasteiger partial charge in [-0.25, -0.2) is 13.4 Å². The van der Waals surface area contributed by atoms with Crippen LogP contribution in [-0.2, 0) is 19.6 Å². The number of sulfonamides is 1. The fourth-order valence-corrected chi connectivity index (χ4v) is 3.80. The maximum absolute atomic E-state index is 11.6. The van der Waals surface area contributed by atoms with Crippen LogP contribution in [0.1, 0.15) is 36.1 Å². The molecule has 0 bridgehead atoms. The zero-order valence-corrected chi connectivity index (χ0v) is 20.1. The Morgan fingerprint density at radius 1 is 1.06 bits per heavy atom. The first-order valence-corrected chi connectivity index (χ1v) is 12.8. The molecule has 0 unspecified atom stereocenters. The summed E-state index contributed by atoms with van der Waals surface area (Å²) in [7, 11) is -3.73. The molecule has 0 saturated carbocycles. The second-order valence-electron chi connectivity index (χ2n) is 7.71. The van der Waals surface area contributed by atoms with Crippen molar-refractivity contribution in [3.8, 4) is 22.5 Å². The Kier molecular flexibility index (Phi) is 6.40. The number of anilines is 1. The Labute approximate surface area is 217 Å². The maximum atomic E-state index is 11.6. The summed E-state index contributed by atoms with van der Waals surface area (Å²) >= 11 is 0. The molecule has 0 aliphatic rings. The van der Waals surface area contributed by atoms with E-state index in [4.69, 9.17) is 14.3 Å². The Morgan fingerprint density at radius 2 is 1.69 bits per heavy atom. The molecule has 0 aliphatic heterocycles. The third-order valence-electron chi connectivity index (χ3n) is 4.85. The third kappa shape index (κ3) is 8.15. The van der Waals surface area contributed by atoms with Crippen LogP contribution in [0.3, 0.4) is 0 Å². The van der Waals surface area contributed by atoms with E-state index in [2.05, 4.69) is 9.97 Å². The number of carbonyl (C=O) groups excluding carboxylic acids is 1. The van der Waals surface area contributed by atoms with E-state index in [1.165, 1.54) is 6.20 Å². The van der Waals surface area contributed by atoms with Gasteiger partial charge in [0.25, 0.3) is 5.91 Å². The first-order chi connectivity index (χ1) is 19.5. The van der Waals surface area contributed by atoms with Gasteiger partial charge >= 0.3 is 0 Å². The summed E-state index contributed by atoms with van der Waals surface area (Å²) in [5, 5.41) is 0. The summed E-state index contributed by atoms with van der Waals surface area (Å²) in [5.41, 5.74) is 2.26. The number of unbranched alkanes of at least 4 members (excludes halogenated alkanes) is 1. The molecule has 1 aromatic heterocycles. The maximum Gasteiger partial charge on any atom is 0.259 e. The van der Waals surface area contributed by atoms with Gasteiger partial charge in [0.1, 0.15) is 12.4 Å². The quantitative estimate of drug-likeness (QED) is 0.374. The molecular weight excluding hydrogens is 464 g/mol. The molecular formula is C26H32N4O4S. The van der Waals surface area contributed by atoms with Crippen molar-refractivity contribution in [2.24, 2.45) is 0 Å². The van der Waals surface area contributed by atoms with Gasteiger partial charge < -0.3 is 9.64 Å². The van der Waals surface area contributed by atoms with E-state index in [0.717, 1.165) is 16.7 Å². The number of nitrogens with zero attached hydrogens (tertiary/aromatic N) is 3. The summed E-state index contributed by atoms with van der Waals surface area (Å²) in [6, 6.07) is 15.1. The van der Waals surface area contributed by atoms with Crippen LogP contribution in [-0.4, -0.2) is 56.3 Å². The predicted molar refractivity (Wildman–Crippen MR) is 138 cm³/mol. The van der Waals surface area contributed by atoms with Gasteiger partial charge in [0.15, 0.2) is 0 Å². The molecule has 0 fully saturated rings. The lowest BCUT2D eigenvalue weighted by molar-refractivity contribution is -0.123. The highest BCUT2D eigenvalue weighted by Crippen LogP contribution is 2.30. The van der Waals surface area contributed by atoms with Crippen molar-refractivity contribution in [2.45, 2.75) is 32.6 Å². The van der Waals surface area contributed by atoms with E-state index in [9.17, 15) is 13.2 Å². The topological polar surface area (TPSA) is 101 Å². The van der Waals surface area contributed by atoms with Gasteiger partial charge in [-0.3, -0.25) is 14.5 Å². The fraction of sp³-hybridized carbons (Fsp3) is 0.346. The zero-order valence-electron chi connectivity index (χ0n) is 26.3. The number of carbonyl (C=O) groups is 1. The molecule has 3 rings (SSSR count). The number of amides is 1. The summed E-state index contributed by atoms with van der Waals surface area (Å²) in [4.78, 5) is 21.8. The van der Waals surface area contributed by atoms with Gasteiger partial charge in [-0.05, 0) is 26.5 Å². The minimum Gasteiger partial charge on any atom is -0.372 e. The van der Waals surface area contributed by atoms with Crippen molar-refractivity contribution in [2.75, 3.05) is 30.9 Å². The molecule has 1 amide bonds. The molecule has 186 valence electrons. The van der Waals surface area contributed by atoms with Crippen LogP contribution in [0.5, 0.6) is 0 Å². The van der Waals surface area contributed by atoms with Gasteiger partial charge in [-0.1, -0.05) is 60.7 Å². The van der Waals surface area contributed by atoms with Gasteiger partial charge in [-0.15, -0.1) is 0 Å². The van der Waals surface area contributed by atoms with Crippen LogP contribution < -0.4 is 9.62 Å². The van der Waals surface area contributed by atoms with Crippen LogP contribution in [0.25, 0.3) is 22.5 Å². The Balaban J connectivity index is 1.97. The van der Waals surface area contributed by atoms with Crippen LogP contribution in [0.4, 0.5) is 5.82 Å². The van der Waals surface area contributed by atoms with E-state index in [1.807, 2.05) is 36.4 Å². The largest absolute Gasteiger partial charge is 0.372 e. The van der Waals surface area contributed by atoms with Crippen molar-refractivity contribution in [1.29, 1.82) is 0 Å².